The Morgan fingerprint density at radius 3 is 2.00 bits per heavy atom. The number of ether oxygens (including phenoxy) is 6. The lowest BCUT2D eigenvalue weighted by Gasteiger charge is -2.19. The molecule has 0 aliphatic rings. The minimum Gasteiger partial charge on any atom is -0.465 e. The Morgan fingerprint density at radius 2 is 1.52 bits per heavy atom. The van der Waals surface area contributed by atoms with Crippen molar-refractivity contribution < 1.29 is 43.1 Å². The van der Waals surface area contributed by atoms with Crippen molar-refractivity contribution in [3.05, 3.63) is 0 Å². The number of aliphatic hydroxyl groups is 1. The van der Waals surface area contributed by atoms with Crippen LogP contribution in [0.4, 0.5) is 0 Å². The molecule has 0 aromatic carbocycles. The molecular weight excluding hydrogens is 312 g/mol. The Morgan fingerprint density at radius 1 is 0.870 bits per heavy atom. The van der Waals surface area contributed by atoms with Crippen LogP contribution in [0.3, 0.4) is 0 Å². The van der Waals surface area contributed by atoms with E-state index in [-0.39, 0.29) is 58.3 Å². The van der Waals surface area contributed by atoms with E-state index < -0.39 is 6.10 Å². The normalized spacial score (nSPS) is 14.7. The molecule has 0 aliphatic heterocycles. The first-order valence-corrected chi connectivity index (χ1v) is 7.14. The molecule has 3 unspecified atom stereocenters. The summed E-state index contributed by atoms with van der Waals surface area (Å²) in [5.41, 5.74) is 0. The molecule has 136 valence electrons. The number of carbonyl (C=O) groups is 2. The van der Waals surface area contributed by atoms with Crippen molar-refractivity contribution in [2.24, 2.45) is 5.92 Å². The number of carbonyl (C=O) groups excluding carboxylic acids is 2. The third-order valence-corrected chi connectivity index (χ3v) is 2.86. The number of methoxy groups -OCH3 is 2. The van der Waals surface area contributed by atoms with E-state index in [1.165, 1.54) is 14.2 Å². The van der Waals surface area contributed by atoms with Crippen LogP contribution >= 0.6 is 0 Å². The molecule has 0 heterocycles. The van der Waals surface area contributed by atoms with E-state index in [2.05, 4.69) is 4.74 Å². The lowest BCUT2D eigenvalue weighted by Crippen LogP contribution is -2.29. The first kappa shape index (κ1) is 21.7. The average Bonchev–Trinajstić information content (AvgIpc) is 2.56. The van der Waals surface area contributed by atoms with Crippen LogP contribution in [0.2, 0.25) is 0 Å². The van der Waals surface area contributed by atoms with Crippen molar-refractivity contribution in [3.8, 4) is 0 Å². The highest BCUT2D eigenvalue weighted by Gasteiger charge is 2.14. The van der Waals surface area contributed by atoms with Crippen LogP contribution in [0.1, 0.15) is 0 Å². The molecule has 9 nitrogen and oxygen atoms in total. The summed E-state index contributed by atoms with van der Waals surface area (Å²) in [4.78, 5) is 20.4. The third-order valence-electron chi connectivity index (χ3n) is 2.86. The first-order chi connectivity index (χ1) is 11.2. The number of aliphatic hydroxyl groups excluding tert-OH is 1. The summed E-state index contributed by atoms with van der Waals surface area (Å²) in [5.74, 6) is -0.237. The van der Waals surface area contributed by atoms with Crippen LogP contribution in [0, 0.1) is 5.92 Å². The zero-order valence-corrected chi connectivity index (χ0v) is 13.5. The van der Waals surface area contributed by atoms with E-state index in [1.54, 1.807) is 0 Å². The summed E-state index contributed by atoms with van der Waals surface area (Å²) in [7, 11) is 2.98. The maximum absolute atomic E-state index is 10.3. The van der Waals surface area contributed by atoms with Crippen molar-refractivity contribution in [2.45, 2.75) is 12.2 Å². The fourth-order valence-electron chi connectivity index (χ4n) is 1.61. The van der Waals surface area contributed by atoms with Gasteiger partial charge in [0.15, 0.2) is 0 Å². The highest BCUT2D eigenvalue weighted by Crippen LogP contribution is 2.02. The van der Waals surface area contributed by atoms with Gasteiger partial charge in [-0.25, -0.2) is 0 Å². The second-order valence-corrected chi connectivity index (χ2v) is 4.72. The molecule has 0 aromatic rings. The smallest absolute Gasteiger partial charge is 0.293 e. The monoisotopic (exact) mass is 338 g/mol. The predicted molar refractivity (Wildman–Crippen MR) is 77.8 cm³/mol. The number of hydrogen-bond donors (Lipinski definition) is 1. The third kappa shape index (κ3) is 11.9. The van der Waals surface area contributed by atoms with Gasteiger partial charge in [0.2, 0.25) is 0 Å². The predicted octanol–water partition coefficient (Wildman–Crippen LogP) is -0.996. The van der Waals surface area contributed by atoms with E-state index in [4.69, 9.17) is 23.7 Å². The van der Waals surface area contributed by atoms with E-state index in [1.807, 2.05) is 0 Å². The quantitative estimate of drug-likeness (QED) is 0.334. The minimum atomic E-state index is -0.490. The Bertz CT molecular complexity index is 287. The molecule has 0 spiro atoms. The van der Waals surface area contributed by atoms with E-state index in [9.17, 15) is 14.7 Å². The van der Waals surface area contributed by atoms with Gasteiger partial charge in [-0.05, 0) is 0 Å². The van der Waals surface area contributed by atoms with Gasteiger partial charge in [0.05, 0.1) is 39.6 Å². The summed E-state index contributed by atoms with van der Waals surface area (Å²) >= 11 is 0. The topological polar surface area (TPSA) is 110 Å². The Balaban J connectivity index is 3.91. The summed E-state index contributed by atoms with van der Waals surface area (Å²) < 4.78 is 30.1. The molecule has 0 bridgehead atoms. The van der Waals surface area contributed by atoms with E-state index in [0.717, 1.165) is 0 Å². The van der Waals surface area contributed by atoms with Gasteiger partial charge < -0.3 is 33.5 Å². The van der Waals surface area contributed by atoms with Crippen LogP contribution in [-0.2, 0) is 38.0 Å². The molecule has 0 aliphatic carbocycles. The number of rotatable bonds is 17. The van der Waals surface area contributed by atoms with Gasteiger partial charge in [0, 0.05) is 20.1 Å². The molecule has 0 fully saturated rings. The van der Waals surface area contributed by atoms with Crippen molar-refractivity contribution >= 4 is 12.9 Å². The van der Waals surface area contributed by atoms with Gasteiger partial charge >= 0.3 is 0 Å². The number of hydrogen-bond acceptors (Lipinski definition) is 9. The molecule has 0 radical (unpaired) electrons. The van der Waals surface area contributed by atoms with Gasteiger partial charge in [-0.1, -0.05) is 0 Å². The molecule has 23 heavy (non-hydrogen) atoms. The molecule has 0 saturated carbocycles. The van der Waals surface area contributed by atoms with Crippen LogP contribution in [-0.4, -0.2) is 90.7 Å². The molecule has 3 atom stereocenters. The fraction of sp³-hybridized carbons (Fsp3) is 0.857. The summed E-state index contributed by atoms with van der Waals surface area (Å²) in [5, 5.41) is 9.29. The Hall–Kier alpha value is -1.26. The molecular formula is C14H26O9. The molecule has 9 heteroatoms. The maximum Gasteiger partial charge on any atom is 0.293 e. The van der Waals surface area contributed by atoms with Gasteiger partial charge in [-0.2, -0.15) is 0 Å². The van der Waals surface area contributed by atoms with Crippen molar-refractivity contribution in [3.63, 3.8) is 0 Å². The molecule has 0 saturated heterocycles. The average molecular weight is 338 g/mol. The lowest BCUT2D eigenvalue weighted by molar-refractivity contribution is -0.141. The van der Waals surface area contributed by atoms with Gasteiger partial charge in [0.1, 0.15) is 18.8 Å². The Kier molecular flexibility index (Phi) is 14.8. The van der Waals surface area contributed by atoms with Crippen LogP contribution in [0.25, 0.3) is 0 Å². The molecule has 0 aromatic heterocycles. The van der Waals surface area contributed by atoms with Crippen molar-refractivity contribution in [2.75, 3.05) is 60.5 Å². The lowest BCUT2D eigenvalue weighted by atomic mass is 10.2. The highest BCUT2D eigenvalue weighted by molar-refractivity contribution is 5.37. The van der Waals surface area contributed by atoms with E-state index >= 15 is 0 Å². The summed E-state index contributed by atoms with van der Waals surface area (Å²) in [6.07, 6.45) is -0.858. The van der Waals surface area contributed by atoms with Gasteiger partial charge in [-0.3, -0.25) is 9.59 Å². The summed E-state index contributed by atoms with van der Waals surface area (Å²) in [6.45, 7) is 1.76. The van der Waals surface area contributed by atoms with Gasteiger partial charge in [-0.15, -0.1) is 0 Å². The Labute approximate surface area is 135 Å². The molecule has 1 N–H and O–H groups in total. The van der Waals surface area contributed by atoms with Crippen molar-refractivity contribution in [1.29, 1.82) is 0 Å². The second kappa shape index (κ2) is 15.6. The van der Waals surface area contributed by atoms with Gasteiger partial charge in [0.25, 0.3) is 12.9 Å². The maximum atomic E-state index is 10.3. The fourth-order valence-corrected chi connectivity index (χ4v) is 1.61. The standard InChI is InChI=1S/C14H26O9/c1-18-6-14(23-11-17)9-21-5-12(3-15)4-20-7-13(19-2)8-22-10-16/h10-15H,3-9H2,1-2H3. The SMILES string of the molecule is COCC(COCC(CO)COCC(COC=O)OC)OC=O. The van der Waals surface area contributed by atoms with Crippen LogP contribution < -0.4 is 0 Å². The van der Waals surface area contributed by atoms with Crippen molar-refractivity contribution in [1.82, 2.24) is 0 Å². The largest absolute Gasteiger partial charge is 0.465 e. The van der Waals surface area contributed by atoms with Crippen LogP contribution in [0.5, 0.6) is 0 Å². The molecule has 0 amide bonds. The zero-order chi connectivity index (χ0) is 17.3. The minimum absolute atomic E-state index is 0.0992. The second-order valence-electron chi connectivity index (χ2n) is 4.72. The zero-order valence-electron chi connectivity index (χ0n) is 13.5. The molecule has 0 rings (SSSR count). The van der Waals surface area contributed by atoms with E-state index in [0.29, 0.717) is 12.9 Å². The van der Waals surface area contributed by atoms with Crippen LogP contribution in [0.15, 0.2) is 0 Å². The highest BCUT2D eigenvalue weighted by atomic mass is 16.6. The summed E-state index contributed by atoms with van der Waals surface area (Å²) in [6, 6.07) is 0. The first-order valence-electron chi connectivity index (χ1n) is 7.14.